The van der Waals surface area contributed by atoms with Gasteiger partial charge in [-0.3, -0.25) is 9.59 Å². The zero-order valence-corrected chi connectivity index (χ0v) is 21.8. The Morgan fingerprint density at radius 2 is 1.72 bits per heavy atom. The Hall–Kier alpha value is -3.32. The van der Waals surface area contributed by atoms with Crippen LogP contribution in [0.15, 0.2) is 54.1 Å². The molecule has 1 amide bonds. The summed E-state index contributed by atoms with van der Waals surface area (Å²) in [7, 11) is 3.93. The lowest BCUT2D eigenvalue weighted by Crippen LogP contribution is -2.32. The lowest BCUT2D eigenvalue weighted by molar-refractivity contribution is -0.139. The molecule has 0 saturated carbocycles. The molecule has 1 atom stereocenters. The number of hydrogen-bond acceptors (Lipinski definition) is 6. The summed E-state index contributed by atoms with van der Waals surface area (Å²) in [6.07, 6.45) is 3.91. The monoisotopic (exact) mass is 494 g/mol. The molecule has 0 bridgehead atoms. The molecular weight excluding hydrogens is 456 g/mol. The van der Waals surface area contributed by atoms with Gasteiger partial charge in [-0.25, -0.2) is 0 Å². The van der Waals surface area contributed by atoms with Crippen LogP contribution in [-0.4, -0.2) is 67.0 Å². The number of ketones is 1. The highest BCUT2D eigenvalue weighted by molar-refractivity contribution is 6.46. The summed E-state index contributed by atoms with van der Waals surface area (Å²) in [5.41, 5.74) is 1.28. The van der Waals surface area contributed by atoms with Crippen molar-refractivity contribution in [3.63, 3.8) is 0 Å². The molecule has 1 saturated heterocycles. The molecule has 1 unspecified atom stereocenters. The number of likely N-dealkylation sites (tertiary alicyclic amines) is 1. The maximum atomic E-state index is 13.2. The molecule has 0 radical (unpaired) electrons. The second-order valence-corrected chi connectivity index (χ2v) is 9.23. The van der Waals surface area contributed by atoms with Crippen LogP contribution in [-0.2, 0) is 9.59 Å². The second-order valence-electron chi connectivity index (χ2n) is 9.23. The average Bonchev–Trinajstić information content (AvgIpc) is 3.12. The molecule has 2 aromatic carbocycles. The van der Waals surface area contributed by atoms with Gasteiger partial charge in [-0.15, -0.1) is 0 Å². The van der Waals surface area contributed by atoms with Gasteiger partial charge in [0.1, 0.15) is 17.3 Å². The number of benzene rings is 2. The number of unbranched alkanes of at least 4 members (excludes halogenated alkanes) is 2. The van der Waals surface area contributed by atoms with Crippen molar-refractivity contribution in [3.05, 3.63) is 65.2 Å². The van der Waals surface area contributed by atoms with Crippen LogP contribution in [0, 0.1) is 0 Å². The van der Waals surface area contributed by atoms with Crippen molar-refractivity contribution >= 4 is 17.4 Å². The molecule has 1 heterocycles. The van der Waals surface area contributed by atoms with Crippen LogP contribution in [0.5, 0.6) is 11.5 Å². The van der Waals surface area contributed by atoms with E-state index in [1.807, 2.05) is 50.2 Å². The average molecular weight is 495 g/mol. The van der Waals surface area contributed by atoms with E-state index in [4.69, 9.17) is 9.47 Å². The minimum absolute atomic E-state index is 0.0927. The molecule has 1 aliphatic heterocycles. The third-order valence-corrected chi connectivity index (χ3v) is 6.17. The number of amides is 1. The highest BCUT2D eigenvalue weighted by Gasteiger charge is 2.45. The molecule has 0 aromatic heterocycles. The molecule has 194 valence electrons. The Balaban J connectivity index is 1.96. The number of rotatable bonds is 13. The number of hydrogen-bond donors (Lipinski definition) is 1. The number of carbonyl (C=O) groups is 2. The van der Waals surface area contributed by atoms with Crippen molar-refractivity contribution < 1.29 is 24.2 Å². The van der Waals surface area contributed by atoms with Gasteiger partial charge < -0.3 is 24.4 Å². The Morgan fingerprint density at radius 3 is 2.39 bits per heavy atom. The summed E-state index contributed by atoms with van der Waals surface area (Å²) >= 11 is 0. The maximum Gasteiger partial charge on any atom is 0.295 e. The Bertz CT molecular complexity index is 1060. The first-order valence-electron chi connectivity index (χ1n) is 12.8. The van der Waals surface area contributed by atoms with Crippen molar-refractivity contribution in [1.29, 1.82) is 0 Å². The fraction of sp³-hybridized carbons (Fsp3) is 0.448. The summed E-state index contributed by atoms with van der Waals surface area (Å²) in [4.78, 5) is 29.9. The van der Waals surface area contributed by atoms with E-state index in [2.05, 4.69) is 6.92 Å². The van der Waals surface area contributed by atoms with E-state index < -0.39 is 17.7 Å². The van der Waals surface area contributed by atoms with E-state index in [-0.39, 0.29) is 11.3 Å². The maximum absolute atomic E-state index is 13.2. The quantitative estimate of drug-likeness (QED) is 0.182. The molecule has 1 fully saturated rings. The van der Waals surface area contributed by atoms with Crippen molar-refractivity contribution in [2.75, 3.05) is 40.4 Å². The molecule has 7 nitrogen and oxygen atoms in total. The smallest absolute Gasteiger partial charge is 0.295 e. The number of nitrogens with zero attached hydrogens (tertiary/aromatic N) is 2. The summed E-state index contributed by atoms with van der Waals surface area (Å²) < 4.78 is 11.4. The van der Waals surface area contributed by atoms with Gasteiger partial charge in [0.05, 0.1) is 24.8 Å². The zero-order chi connectivity index (χ0) is 26.1. The Morgan fingerprint density at radius 1 is 0.972 bits per heavy atom. The number of Topliss-reactive ketones (excluding diaryl/α,β-unsaturated/α-hetero) is 1. The lowest BCUT2D eigenvalue weighted by atomic mass is 9.95. The van der Waals surface area contributed by atoms with E-state index in [0.717, 1.165) is 31.4 Å². The summed E-state index contributed by atoms with van der Waals surface area (Å²) in [5.74, 6) is -0.110. The van der Waals surface area contributed by atoms with Gasteiger partial charge in [0.2, 0.25) is 0 Å². The molecule has 1 aliphatic rings. The van der Waals surface area contributed by atoms with E-state index in [0.29, 0.717) is 43.2 Å². The largest absolute Gasteiger partial charge is 0.507 e. The molecular formula is C29H38N2O5. The third kappa shape index (κ3) is 6.66. The minimum Gasteiger partial charge on any atom is -0.507 e. The molecule has 1 N–H and O–H groups in total. The number of ether oxygens (including phenoxy) is 2. The molecule has 7 heteroatoms. The van der Waals surface area contributed by atoms with Gasteiger partial charge in [0.25, 0.3) is 11.7 Å². The fourth-order valence-corrected chi connectivity index (χ4v) is 4.36. The summed E-state index contributed by atoms with van der Waals surface area (Å²) in [6.45, 7) is 6.34. The first kappa shape index (κ1) is 27.3. The zero-order valence-electron chi connectivity index (χ0n) is 21.8. The number of carbonyl (C=O) groups excluding carboxylic acids is 2. The predicted octanol–water partition coefficient (Wildman–Crippen LogP) is 5.03. The first-order valence-corrected chi connectivity index (χ1v) is 12.8. The number of aliphatic hydroxyl groups excluding tert-OH is 1. The van der Waals surface area contributed by atoms with Gasteiger partial charge in [0.15, 0.2) is 0 Å². The van der Waals surface area contributed by atoms with E-state index in [1.165, 1.54) is 0 Å². The minimum atomic E-state index is -0.697. The summed E-state index contributed by atoms with van der Waals surface area (Å²) in [5, 5.41) is 11.3. The third-order valence-electron chi connectivity index (χ3n) is 6.17. The van der Waals surface area contributed by atoms with Crippen LogP contribution < -0.4 is 9.47 Å². The van der Waals surface area contributed by atoms with Gasteiger partial charge >= 0.3 is 0 Å². The standard InChI is InChI=1S/C29H38N2O5/c1-5-7-8-19-36-23-15-13-21(14-16-23)27(32)25-26(22-11-9-12-24(20-22)35-6-2)31(29(34)28(25)33)18-10-17-30(3)4/h9,11-16,20,26,32H,5-8,10,17-19H2,1-4H3/b27-25-. The van der Waals surface area contributed by atoms with Gasteiger partial charge in [-0.1, -0.05) is 31.9 Å². The van der Waals surface area contributed by atoms with Crippen molar-refractivity contribution in [2.45, 2.75) is 45.6 Å². The Labute approximate surface area is 214 Å². The molecule has 36 heavy (non-hydrogen) atoms. The second kappa shape index (κ2) is 13.1. The van der Waals surface area contributed by atoms with Gasteiger partial charge in [-0.2, -0.15) is 0 Å². The fourth-order valence-electron chi connectivity index (χ4n) is 4.36. The van der Waals surface area contributed by atoms with Crippen molar-refractivity contribution in [1.82, 2.24) is 9.80 Å². The SMILES string of the molecule is CCCCCOc1ccc(/C(O)=C2/C(=O)C(=O)N(CCCN(C)C)C2c2cccc(OCC)c2)cc1. The van der Waals surface area contributed by atoms with E-state index >= 15 is 0 Å². The Kier molecular flexibility index (Phi) is 9.94. The lowest BCUT2D eigenvalue weighted by Gasteiger charge is -2.26. The molecule has 0 aliphatic carbocycles. The van der Waals surface area contributed by atoms with Crippen LogP contribution in [0.2, 0.25) is 0 Å². The predicted molar refractivity (Wildman–Crippen MR) is 141 cm³/mol. The molecule has 3 rings (SSSR count). The van der Waals surface area contributed by atoms with Gasteiger partial charge in [0, 0.05) is 12.1 Å². The molecule has 2 aromatic rings. The van der Waals surface area contributed by atoms with Crippen LogP contribution in [0.25, 0.3) is 5.76 Å². The van der Waals surface area contributed by atoms with Crippen LogP contribution in [0.4, 0.5) is 0 Å². The van der Waals surface area contributed by atoms with Gasteiger partial charge in [-0.05, 0) is 82.4 Å². The normalized spacial score (nSPS) is 17.1. The van der Waals surface area contributed by atoms with Crippen molar-refractivity contribution in [2.24, 2.45) is 0 Å². The highest BCUT2D eigenvalue weighted by atomic mass is 16.5. The van der Waals surface area contributed by atoms with E-state index in [1.54, 1.807) is 29.2 Å². The van der Waals surface area contributed by atoms with Crippen LogP contribution in [0.3, 0.4) is 0 Å². The summed E-state index contributed by atoms with van der Waals surface area (Å²) in [6, 6.07) is 13.7. The molecule has 0 spiro atoms. The topological polar surface area (TPSA) is 79.3 Å². The van der Waals surface area contributed by atoms with E-state index in [9.17, 15) is 14.7 Å². The van der Waals surface area contributed by atoms with Crippen LogP contribution >= 0.6 is 0 Å². The highest BCUT2D eigenvalue weighted by Crippen LogP contribution is 2.40. The van der Waals surface area contributed by atoms with Crippen LogP contribution in [0.1, 0.15) is 56.7 Å². The van der Waals surface area contributed by atoms with Crippen molar-refractivity contribution in [3.8, 4) is 11.5 Å². The number of aliphatic hydroxyl groups is 1. The first-order chi connectivity index (χ1) is 17.4.